The SMILES string of the molecule is COCCN(CCOC)C(=O)NC=C1CCCC1. The van der Waals surface area contributed by atoms with Gasteiger partial charge < -0.3 is 19.7 Å². The van der Waals surface area contributed by atoms with Crippen molar-refractivity contribution in [2.75, 3.05) is 40.5 Å². The molecule has 0 aromatic rings. The Kier molecular flexibility index (Phi) is 7.44. The van der Waals surface area contributed by atoms with Gasteiger partial charge in [-0.25, -0.2) is 4.79 Å². The van der Waals surface area contributed by atoms with Gasteiger partial charge in [-0.3, -0.25) is 0 Å². The molecule has 1 aliphatic carbocycles. The third-order valence-corrected chi connectivity index (χ3v) is 3.06. The molecule has 1 saturated carbocycles. The summed E-state index contributed by atoms with van der Waals surface area (Å²) in [6, 6.07) is -0.0801. The second kappa shape index (κ2) is 8.94. The minimum atomic E-state index is -0.0801. The Morgan fingerprint density at radius 2 is 1.78 bits per heavy atom. The van der Waals surface area contributed by atoms with E-state index >= 15 is 0 Å². The summed E-state index contributed by atoms with van der Waals surface area (Å²) in [6.07, 6.45) is 6.55. The monoisotopic (exact) mass is 256 g/mol. The van der Waals surface area contributed by atoms with Crippen molar-refractivity contribution in [2.24, 2.45) is 0 Å². The van der Waals surface area contributed by atoms with E-state index in [9.17, 15) is 4.79 Å². The first-order valence-corrected chi connectivity index (χ1v) is 6.49. The van der Waals surface area contributed by atoms with E-state index in [2.05, 4.69) is 5.32 Å². The van der Waals surface area contributed by atoms with E-state index in [1.807, 2.05) is 6.20 Å². The number of nitrogens with one attached hydrogen (secondary N) is 1. The summed E-state index contributed by atoms with van der Waals surface area (Å²) < 4.78 is 10.0. The van der Waals surface area contributed by atoms with Gasteiger partial charge in [0, 0.05) is 33.5 Å². The smallest absolute Gasteiger partial charge is 0.321 e. The molecule has 1 aliphatic rings. The van der Waals surface area contributed by atoms with Gasteiger partial charge >= 0.3 is 6.03 Å². The Hall–Kier alpha value is -1.07. The molecule has 0 spiro atoms. The van der Waals surface area contributed by atoms with Crippen LogP contribution in [0, 0.1) is 0 Å². The van der Waals surface area contributed by atoms with Crippen molar-refractivity contribution < 1.29 is 14.3 Å². The predicted molar refractivity (Wildman–Crippen MR) is 70.4 cm³/mol. The van der Waals surface area contributed by atoms with Crippen molar-refractivity contribution in [3.05, 3.63) is 11.8 Å². The summed E-state index contributed by atoms with van der Waals surface area (Å²) in [4.78, 5) is 13.7. The highest BCUT2D eigenvalue weighted by molar-refractivity contribution is 5.75. The van der Waals surface area contributed by atoms with Crippen LogP contribution in [0.15, 0.2) is 11.8 Å². The maximum atomic E-state index is 12.0. The first-order chi connectivity index (χ1) is 8.77. The number of hydrogen-bond donors (Lipinski definition) is 1. The number of nitrogens with zero attached hydrogens (tertiary/aromatic N) is 1. The third kappa shape index (κ3) is 5.51. The largest absolute Gasteiger partial charge is 0.383 e. The molecule has 0 unspecified atom stereocenters. The molecular formula is C13H24N2O3. The van der Waals surface area contributed by atoms with Crippen LogP contribution in [0.2, 0.25) is 0 Å². The Balaban J connectivity index is 2.38. The lowest BCUT2D eigenvalue weighted by Crippen LogP contribution is -2.41. The van der Waals surface area contributed by atoms with Crippen molar-refractivity contribution in [3.63, 3.8) is 0 Å². The molecule has 5 nitrogen and oxygen atoms in total. The number of hydrogen-bond acceptors (Lipinski definition) is 3. The zero-order chi connectivity index (χ0) is 13.2. The first kappa shape index (κ1) is 15.0. The van der Waals surface area contributed by atoms with Crippen LogP contribution in [-0.2, 0) is 9.47 Å². The van der Waals surface area contributed by atoms with Crippen LogP contribution in [0.5, 0.6) is 0 Å². The summed E-state index contributed by atoms with van der Waals surface area (Å²) in [7, 11) is 3.26. The fraction of sp³-hybridized carbons (Fsp3) is 0.769. The molecule has 2 amide bonds. The second-order valence-corrected chi connectivity index (χ2v) is 4.43. The fourth-order valence-corrected chi connectivity index (χ4v) is 1.95. The third-order valence-electron chi connectivity index (χ3n) is 3.06. The molecule has 0 atom stereocenters. The van der Waals surface area contributed by atoms with Crippen molar-refractivity contribution in [1.82, 2.24) is 10.2 Å². The van der Waals surface area contributed by atoms with E-state index in [1.165, 1.54) is 18.4 Å². The predicted octanol–water partition coefficient (Wildman–Crippen LogP) is 1.75. The van der Waals surface area contributed by atoms with Gasteiger partial charge in [0.25, 0.3) is 0 Å². The van der Waals surface area contributed by atoms with Crippen LogP contribution in [0.25, 0.3) is 0 Å². The quantitative estimate of drug-likeness (QED) is 0.755. The number of methoxy groups -OCH3 is 2. The highest BCUT2D eigenvalue weighted by Crippen LogP contribution is 2.22. The molecular weight excluding hydrogens is 232 g/mol. The summed E-state index contributed by atoms with van der Waals surface area (Å²) in [5.41, 5.74) is 1.33. The summed E-state index contributed by atoms with van der Waals surface area (Å²) >= 11 is 0. The van der Waals surface area contributed by atoms with Crippen LogP contribution in [0.3, 0.4) is 0 Å². The van der Waals surface area contributed by atoms with Crippen LogP contribution in [0.1, 0.15) is 25.7 Å². The first-order valence-electron chi connectivity index (χ1n) is 6.49. The molecule has 0 heterocycles. The average molecular weight is 256 g/mol. The summed E-state index contributed by atoms with van der Waals surface area (Å²) in [5.74, 6) is 0. The molecule has 1 rings (SSSR count). The average Bonchev–Trinajstić information content (AvgIpc) is 2.89. The molecule has 1 N–H and O–H groups in total. The normalized spacial score (nSPS) is 14.7. The van der Waals surface area contributed by atoms with E-state index in [-0.39, 0.29) is 6.03 Å². The number of allylic oxidation sites excluding steroid dienone is 1. The van der Waals surface area contributed by atoms with E-state index in [1.54, 1.807) is 19.1 Å². The number of rotatable bonds is 7. The Morgan fingerprint density at radius 1 is 1.22 bits per heavy atom. The standard InChI is InChI=1S/C13H24N2O3/c1-17-9-7-15(8-10-18-2)13(16)14-11-12-5-3-4-6-12/h11H,3-10H2,1-2H3,(H,14,16). The van der Waals surface area contributed by atoms with Gasteiger partial charge in [-0.2, -0.15) is 0 Å². The van der Waals surface area contributed by atoms with Gasteiger partial charge in [-0.05, 0) is 25.7 Å². The zero-order valence-electron chi connectivity index (χ0n) is 11.4. The Morgan fingerprint density at radius 3 is 2.28 bits per heavy atom. The maximum Gasteiger partial charge on any atom is 0.321 e. The van der Waals surface area contributed by atoms with Gasteiger partial charge in [0.1, 0.15) is 0 Å². The zero-order valence-corrected chi connectivity index (χ0v) is 11.4. The molecule has 0 bridgehead atoms. The maximum absolute atomic E-state index is 12.0. The number of carbonyl (C=O) groups is 1. The molecule has 0 aliphatic heterocycles. The number of amides is 2. The van der Waals surface area contributed by atoms with Crippen LogP contribution < -0.4 is 5.32 Å². The second-order valence-electron chi connectivity index (χ2n) is 4.43. The van der Waals surface area contributed by atoms with Gasteiger partial charge in [0.05, 0.1) is 13.2 Å². The summed E-state index contributed by atoms with van der Waals surface area (Å²) in [5, 5.41) is 2.86. The minimum Gasteiger partial charge on any atom is -0.383 e. The lowest BCUT2D eigenvalue weighted by Gasteiger charge is -2.21. The van der Waals surface area contributed by atoms with Crippen molar-refractivity contribution in [1.29, 1.82) is 0 Å². The molecule has 0 saturated heterocycles. The molecule has 1 fully saturated rings. The van der Waals surface area contributed by atoms with E-state index < -0.39 is 0 Å². The molecule has 104 valence electrons. The molecule has 5 heteroatoms. The molecule has 18 heavy (non-hydrogen) atoms. The lowest BCUT2D eigenvalue weighted by atomic mass is 10.2. The Bertz CT molecular complexity index is 263. The van der Waals surface area contributed by atoms with Crippen molar-refractivity contribution >= 4 is 6.03 Å². The Labute approximate surface area is 109 Å². The molecule has 0 radical (unpaired) electrons. The fourth-order valence-electron chi connectivity index (χ4n) is 1.95. The topological polar surface area (TPSA) is 50.8 Å². The van der Waals surface area contributed by atoms with Crippen molar-refractivity contribution in [3.8, 4) is 0 Å². The highest BCUT2D eigenvalue weighted by Gasteiger charge is 2.12. The van der Waals surface area contributed by atoms with Gasteiger partial charge in [0.2, 0.25) is 0 Å². The number of carbonyl (C=O) groups excluding carboxylic acids is 1. The van der Waals surface area contributed by atoms with Gasteiger partial charge in [-0.15, -0.1) is 0 Å². The van der Waals surface area contributed by atoms with Gasteiger partial charge in [0.15, 0.2) is 0 Å². The minimum absolute atomic E-state index is 0.0801. The van der Waals surface area contributed by atoms with Crippen LogP contribution in [-0.4, -0.2) is 51.5 Å². The lowest BCUT2D eigenvalue weighted by molar-refractivity contribution is 0.123. The highest BCUT2D eigenvalue weighted by atomic mass is 16.5. The van der Waals surface area contributed by atoms with Crippen LogP contribution >= 0.6 is 0 Å². The number of urea groups is 1. The van der Waals surface area contributed by atoms with Crippen molar-refractivity contribution in [2.45, 2.75) is 25.7 Å². The summed E-state index contributed by atoms with van der Waals surface area (Å²) in [6.45, 7) is 2.23. The van der Waals surface area contributed by atoms with E-state index in [0.29, 0.717) is 26.3 Å². The van der Waals surface area contributed by atoms with Gasteiger partial charge in [-0.1, -0.05) is 5.57 Å². The van der Waals surface area contributed by atoms with Crippen LogP contribution in [0.4, 0.5) is 4.79 Å². The molecule has 0 aromatic carbocycles. The van der Waals surface area contributed by atoms with E-state index in [0.717, 1.165) is 12.8 Å². The van der Waals surface area contributed by atoms with E-state index in [4.69, 9.17) is 9.47 Å². The molecule has 0 aromatic heterocycles. The number of ether oxygens (including phenoxy) is 2.